The molecule has 2 rings (SSSR count). The SMILES string of the molecule is CCC(Nc1ccccc1Cl)(C(=O)O)c1ccc(C)cc1. The summed E-state index contributed by atoms with van der Waals surface area (Å²) < 4.78 is 0. The number of hydrogen-bond donors (Lipinski definition) is 2. The summed E-state index contributed by atoms with van der Waals surface area (Å²) in [6, 6.07) is 14.7. The molecule has 0 fully saturated rings. The number of carboxylic acids is 1. The minimum atomic E-state index is -1.20. The van der Waals surface area contributed by atoms with E-state index in [1.807, 2.05) is 50.2 Å². The molecule has 2 aromatic carbocycles. The van der Waals surface area contributed by atoms with Crippen molar-refractivity contribution >= 4 is 23.3 Å². The number of aliphatic carboxylic acids is 1. The summed E-state index contributed by atoms with van der Waals surface area (Å²) >= 11 is 6.15. The second kappa shape index (κ2) is 6.19. The molecule has 0 saturated heterocycles. The smallest absolute Gasteiger partial charge is 0.334 e. The Morgan fingerprint density at radius 2 is 1.81 bits per heavy atom. The normalized spacial score (nSPS) is 13.5. The highest BCUT2D eigenvalue weighted by molar-refractivity contribution is 6.33. The molecule has 1 unspecified atom stereocenters. The lowest BCUT2D eigenvalue weighted by atomic mass is 9.86. The first-order valence-corrected chi connectivity index (χ1v) is 7.20. The summed E-state index contributed by atoms with van der Waals surface area (Å²) in [7, 11) is 0. The van der Waals surface area contributed by atoms with Crippen molar-refractivity contribution in [3.63, 3.8) is 0 Å². The van der Waals surface area contributed by atoms with Crippen molar-refractivity contribution in [2.24, 2.45) is 0 Å². The van der Waals surface area contributed by atoms with Gasteiger partial charge in [0.2, 0.25) is 0 Å². The van der Waals surface area contributed by atoms with E-state index in [-0.39, 0.29) is 0 Å². The van der Waals surface area contributed by atoms with Gasteiger partial charge in [-0.05, 0) is 31.0 Å². The van der Waals surface area contributed by atoms with Gasteiger partial charge in [0, 0.05) is 0 Å². The minimum Gasteiger partial charge on any atom is -0.479 e. The summed E-state index contributed by atoms with van der Waals surface area (Å²) in [5, 5.41) is 13.4. The van der Waals surface area contributed by atoms with E-state index in [9.17, 15) is 9.90 Å². The van der Waals surface area contributed by atoms with E-state index in [1.165, 1.54) is 0 Å². The lowest BCUT2D eigenvalue weighted by molar-refractivity contribution is -0.142. The number of para-hydroxylation sites is 1. The number of hydrogen-bond acceptors (Lipinski definition) is 2. The zero-order valence-corrected chi connectivity index (χ0v) is 12.8. The third-order valence-corrected chi connectivity index (χ3v) is 3.99. The summed E-state index contributed by atoms with van der Waals surface area (Å²) in [6.07, 6.45) is 0.399. The van der Waals surface area contributed by atoms with Crippen LogP contribution in [0, 0.1) is 6.92 Å². The fraction of sp³-hybridized carbons (Fsp3) is 0.235. The van der Waals surface area contributed by atoms with Crippen molar-refractivity contribution in [2.45, 2.75) is 25.8 Å². The number of carboxylic acid groups (broad SMARTS) is 1. The van der Waals surface area contributed by atoms with E-state index in [1.54, 1.807) is 12.1 Å². The van der Waals surface area contributed by atoms with E-state index in [4.69, 9.17) is 11.6 Å². The van der Waals surface area contributed by atoms with Crippen LogP contribution in [0.25, 0.3) is 0 Å². The zero-order valence-electron chi connectivity index (χ0n) is 12.1. The number of carbonyl (C=O) groups is 1. The third-order valence-electron chi connectivity index (χ3n) is 3.66. The maximum atomic E-state index is 11.9. The number of aryl methyl sites for hydroxylation is 1. The Hall–Kier alpha value is -2.00. The average Bonchev–Trinajstić information content (AvgIpc) is 2.47. The number of rotatable bonds is 5. The van der Waals surface area contributed by atoms with Crippen molar-refractivity contribution in [2.75, 3.05) is 5.32 Å². The van der Waals surface area contributed by atoms with Crippen LogP contribution < -0.4 is 5.32 Å². The van der Waals surface area contributed by atoms with E-state index in [2.05, 4.69) is 5.32 Å². The fourth-order valence-corrected chi connectivity index (χ4v) is 2.51. The molecule has 0 aliphatic heterocycles. The van der Waals surface area contributed by atoms with E-state index in [0.717, 1.165) is 5.56 Å². The van der Waals surface area contributed by atoms with Gasteiger partial charge < -0.3 is 10.4 Å². The average molecular weight is 304 g/mol. The molecule has 0 heterocycles. The van der Waals surface area contributed by atoms with Crippen molar-refractivity contribution in [1.29, 1.82) is 0 Å². The quantitative estimate of drug-likeness (QED) is 0.858. The lowest BCUT2D eigenvalue weighted by Gasteiger charge is -2.31. The number of benzene rings is 2. The molecule has 0 spiro atoms. The summed E-state index contributed by atoms with van der Waals surface area (Å²) in [6.45, 7) is 3.82. The van der Waals surface area contributed by atoms with Crippen LogP contribution in [0.4, 0.5) is 5.69 Å². The Balaban J connectivity index is 2.50. The molecule has 21 heavy (non-hydrogen) atoms. The van der Waals surface area contributed by atoms with Crippen molar-refractivity contribution in [1.82, 2.24) is 0 Å². The van der Waals surface area contributed by atoms with Crippen LogP contribution in [-0.2, 0) is 10.3 Å². The molecule has 0 amide bonds. The van der Waals surface area contributed by atoms with Crippen LogP contribution in [0.1, 0.15) is 24.5 Å². The molecule has 2 N–H and O–H groups in total. The Morgan fingerprint density at radius 3 is 2.33 bits per heavy atom. The van der Waals surface area contributed by atoms with Gasteiger partial charge >= 0.3 is 5.97 Å². The monoisotopic (exact) mass is 303 g/mol. The first-order valence-electron chi connectivity index (χ1n) is 6.83. The molecule has 0 bridgehead atoms. The van der Waals surface area contributed by atoms with Gasteiger partial charge in [-0.25, -0.2) is 4.79 Å². The lowest BCUT2D eigenvalue weighted by Crippen LogP contribution is -2.43. The van der Waals surface area contributed by atoms with Crippen LogP contribution in [0.15, 0.2) is 48.5 Å². The van der Waals surface area contributed by atoms with Crippen LogP contribution in [0.2, 0.25) is 5.02 Å². The van der Waals surface area contributed by atoms with E-state index in [0.29, 0.717) is 22.7 Å². The molecule has 110 valence electrons. The second-order valence-corrected chi connectivity index (χ2v) is 5.44. The van der Waals surface area contributed by atoms with Crippen molar-refractivity contribution in [3.05, 3.63) is 64.7 Å². The first-order chi connectivity index (χ1) is 9.99. The van der Waals surface area contributed by atoms with Crippen LogP contribution in [-0.4, -0.2) is 11.1 Å². The highest BCUT2D eigenvalue weighted by Crippen LogP contribution is 2.33. The standard InChI is InChI=1S/C17H18ClNO2/c1-3-17(16(20)21,13-10-8-12(2)9-11-13)19-15-7-5-4-6-14(15)18/h4-11,19H,3H2,1-2H3,(H,20,21). The highest BCUT2D eigenvalue weighted by atomic mass is 35.5. The summed E-state index contributed by atoms with van der Waals surface area (Å²) in [4.78, 5) is 11.9. The zero-order chi connectivity index (χ0) is 15.5. The van der Waals surface area contributed by atoms with Gasteiger partial charge in [-0.3, -0.25) is 0 Å². The molecular formula is C17H18ClNO2. The third kappa shape index (κ3) is 3.03. The Bertz CT molecular complexity index is 639. The molecule has 0 aliphatic rings. The van der Waals surface area contributed by atoms with E-state index >= 15 is 0 Å². The summed E-state index contributed by atoms with van der Waals surface area (Å²) in [5.74, 6) is -0.922. The van der Waals surface area contributed by atoms with Gasteiger partial charge in [-0.2, -0.15) is 0 Å². The van der Waals surface area contributed by atoms with Gasteiger partial charge in [-0.1, -0.05) is 60.5 Å². The fourth-order valence-electron chi connectivity index (χ4n) is 2.32. The molecule has 0 aliphatic carbocycles. The van der Waals surface area contributed by atoms with E-state index < -0.39 is 11.5 Å². The maximum absolute atomic E-state index is 11.9. The van der Waals surface area contributed by atoms with Gasteiger partial charge in [0.15, 0.2) is 5.54 Å². The Labute approximate surface area is 129 Å². The molecule has 0 radical (unpaired) electrons. The topological polar surface area (TPSA) is 49.3 Å². The summed E-state index contributed by atoms with van der Waals surface area (Å²) in [5.41, 5.74) is 1.22. The van der Waals surface area contributed by atoms with Crippen molar-refractivity contribution < 1.29 is 9.90 Å². The molecule has 2 aromatic rings. The van der Waals surface area contributed by atoms with Crippen LogP contribution in [0.3, 0.4) is 0 Å². The van der Waals surface area contributed by atoms with Gasteiger partial charge in [0.1, 0.15) is 0 Å². The Kier molecular flexibility index (Phi) is 4.53. The van der Waals surface area contributed by atoms with Crippen molar-refractivity contribution in [3.8, 4) is 0 Å². The second-order valence-electron chi connectivity index (χ2n) is 5.03. The highest BCUT2D eigenvalue weighted by Gasteiger charge is 2.39. The predicted octanol–water partition coefficient (Wildman–Crippen LogP) is 4.45. The molecule has 3 nitrogen and oxygen atoms in total. The van der Waals surface area contributed by atoms with Crippen LogP contribution in [0.5, 0.6) is 0 Å². The molecule has 4 heteroatoms. The number of halogens is 1. The minimum absolute atomic E-state index is 0.399. The number of anilines is 1. The molecule has 0 aromatic heterocycles. The van der Waals surface area contributed by atoms with Crippen LogP contribution >= 0.6 is 11.6 Å². The Morgan fingerprint density at radius 1 is 1.19 bits per heavy atom. The number of nitrogens with one attached hydrogen (secondary N) is 1. The molecule has 0 saturated carbocycles. The van der Waals surface area contributed by atoms with Gasteiger partial charge in [0.05, 0.1) is 10.7 Å². The maximum Gasteiger partial charge on any atom is 0.334 e. The van der Waals surface area contributed by atoms with Gasteiger partial charge in [-0.15, -0.1) is 0 Å². The predicted molar refractivity (Wildman–Crippen MR) is 85.9 cm³/mol. The molecule has 1 atom stereocenters. The first kappa shape index (κ1) is 15.4. The van der Waals surface area contributed by atoms with Gasteiger partial charge in [0.25, 0.3) is 0 Å². The molecular weight excluding hydrogens is 286 g/mol. The largest absolute Gasteiger partial charge is 0.479 e.